The Morgan fingerprint density at radius 3 is 2.84 bits per heavy atom. The fraction of sp³-hybridized carbons (Fsp3) is 0.522. The summed E-state index contributed by atoms with van der Waals surface area (Å²) in [5.74, 6) is -1.10. The van der Waals surface area contributed by atoms with E-state index in [0.29, 0.717) is 5.75 Å². The lowest BCUT2D eigenvalue weighted by atomic mass is 9.53. The number of aliphatic hydroxyl groups is 2. The summed E-state index contributed by atoms with van der Waals surface area (Å²) >= 11 is 0. The summed E-state index contributed by atoms with van der Waals surface area (Å²) in [7, 11) is 2.12. The molecule has 1 saturated heterocycles. The van der Waals surface area contributed by atoms with E-state index < -0.39 is 47.8 Å². The molecule has 3 aliphatic heterocycles. The molecule has 1 aromatic carbocycles. The summed E-state index contributed by atoms with van der Waals surface area (Å²) in [6.45, 7) is 0.864. The highest BCUT2D eigenvalue weighted by atomic mass is 16.7. The number of ether oxygens (including phenoxy) is 3. The van der Waals surface area contributed by atoms with Crippen LogP contribution in [0, 0.1) is 5.92 Å². The van der Waals surface area contributed by atoms with Crippen LogP contribution in [-0.4, -0.2) is 81.6 Å². The Balaban J connectivity index is 1.40. The molecule has 5 aliphatic rings. The van der Waals surface area contributed by atoms with Crippen molar-refractivity contribution in [2.45, 2.75) is 55.0 Å². The number of hydrogen-bond donors (Lipinski definition) is 4. The molecule has 1 fully saturated rings. The van der Waals surface area contributed by atoms with Crippen molar-refractivity contribution in [3.05, 3.63) is 47.2 Å². The first kappa shape index (κ1) is 20.0. The van der Waals surface area contributed by atoms with E-state index in [0.717, 1.165) is 36.6 Å². The number of benzene rings is 1. The van der Waals surface area contributed by atoms with Gasteiger partial charge in [-0.2, -0.15) is 0 Å². The number of piperidine rings is 1. The normalized spacial score (nSPS) is 41.3. The van der Waals surface area contributed by atoms with Gasteiger partial charge >= 0.3 is 5.97 Å². The molecule has 2 bridgehead atoms. The average molecular weight is 443 g/mol. The Morgan fingerprint density at radius 2 is 2.06 bits per heavy atom. The van der Waals surface area contributed by atoms with Crippen LogP contribution >= 0.6 is 0 Å². The van der Waals surface area contributed by atoms with E-state index in [4.69, 9.17) is 14.2 Å². The van der Waals surface area contributed by atoms with E-state index in [9.17, 15) is 25.2 Å². The van der Waals surface area contributed by atoms with E-state index in [-0.39, 0.29) is 17.7 Å². The molecule has 9 heteroatoms. The molecular formula is C23H25NO8. The van der Waals surface area contributed by atoms with Crippen molar-refractivity contribution < 1.29 is 39.4 Å². The highest BCUT2D eigenvalue weighted by Crippen LogP contribution is 2.62. The molecule has 1 aromatic rings. The van der Waals surface area contributed by atoms with Gasteiger partial charge in [0.05, 0.1) is 0 Å². The molecule has 9 nitrogen and oxygen atoms in total. The highest BCUT2D eigenvalue weighted by molar-refractivity contribution is 5.84. The summed E-state index contributed by atoms with van der Waals surface area (Å²) in [4.78, 5) is 13.7. The predicted octanol–water partition coefficient (Wildman–Crippen LogP) is 0.269. The standard InChI is InChI=1S/C23H25NO8/c1-24-7-6-23-11-3-5-15(30-22-18(27)14(26)9-16(31-22)21(28)29)20(23)32-19-13(25)4-2-10(17(19)23)8-12(11)24/h2-5,9,11-12,14-15,18,20,22,25-27H,6-8H2,1H3,(H,28,29)/t11-,12+,14-,15-,18+,20-,22+,23-/m0/s1. The zero-order valence-electron chi connectivity index (χ0n) is 17.4. The van der Waals surface area contributed by atoms with Crippen LogP contribution in [0.2, 0.25) is 0 Å². The first-order valence-electron chi connectivity index (χ1n) is 10.8. The van der Waals surface area contributed by atoms with Crippen molar-refractivity contribution >= 4 is 5.97 Å². The molecule has 0 amide bonds. The van der Waals surface area contributed by atoms with Gasteiger partial charge in [-0.15, -0.1) is 0 Å². The highest BCUT2D eigenvalue weighted by Gasteiger charge is 2.65. The second kappa shape index (κ2) is 6.71. The number of aromatic hydroxyl groups is 1. The number of aliphatic hydroxyl groups excluding tert-OH is 2. The van der Waals surface area contributed by atoms with Crippen molar-refractivity contribution in [3.8, 4) is 11.5 Å². The number of hydrogen-bond acceptors (Lipinski definition) is 8. The first-order valence-corrected chi connectivity index (χ1v) is 10.8. The van der Waals surface area contributed by atoms with Crippen LogP contribution in [0.4, 0.5) is 0 Å². The van der Waals surface area contributed by atoms with Gasteiger partial charge in [0.15, 0.2) is 11.5 Å². The maximum Gasteiger partial charge on any atom is 0.371 e. The Kier molecular flexibility index (Phi) is 4.20. The number of carbonyl (C=O) groups is 1. The Hall–Kier alpha value is -2.59. The Morgan fingerprint density at radius 1 is 1.25 bits per heavy atom. The van der Waals surface area contributed by atoms with E-state index in [1.54, 1.807) is 6.07 Å². The van der Waals surface area contributed by atoms with Crippen molar-refractivity contribution in [2.75, 3.05) is 13.6 Å². The molecule has 8 atom stereocenters. The number of nitrogens with zero attached hydrogens (tertiary/aromatic N) is 1. The third-order valence-electron chi connectivity index (χ3n) is 7.83. The second-order valence-electron chi connectivity index (χ2n) is 9.34. The van der Waals surface area contributed by atoms with Crippen LogP contribution < -0.4 is 4.74 Å². The number of aliphatic carboxylic acids is 1. The second-order valence-corrected chi connectivity index (χ2v) is 9.34. The van der Waals surface area contributed by atoms with Crippen molar-refractivity contribution in [1.82, 2.24) is 4.90 Å². The van der Waals surface area contributed by atoms with Gasteiger partial charge in [0, 0.05) is 22.9 Å². The van der Waals surface area contributed by atoms with Crippen LogP contribution in [0.25, 0.3) is 0 Å². The summed E-state index contributed by atoms with van der Waals surface area (Å²) in [6.07, 6.45) is 1.19. The summed E-state index contributed by atoms with van der Waals surface area (Å²) < 4.78 is 17.8. The number of rotatable bonds is 3. The molecule has 3 heterocycles. The van der Waals surface area contributed by atoms with Gasteiger partial charge in [0.25, 0.3) is 0 Å². The third-order valence-corrected chi connectivity index (χ3v) is 7.83. The molecule has 0 radical (unpaired) electrons. The first-order chi connectivity index (χ1) is 15.3. The largest absolute Gasteiger partial charge is 0.504 e. The molecule has 32 heavy (non-hydrogen) atoms. The molecule has 170 valence electrons. The number of carboxylic acids is 1. The van der Waals surface area contributed by atoms with Crippen LogP contribution in [0.5, 0.6) is 11.5 Å². The number of likely N-dealkylation sites (tertiary alicyclic amines) is 1. The molecular weight excluding hydrogens is 418 g/mol. The van der Waals surface area contributed by atoms with Gasteiger partial charge < -0.3 is 39.5 Å². The maximum atomic E-state index is 11.4. The lowest BCUT2D eigenvalue weighted by Crippen LogP contribution is -2.65. The van der Waals surface area contributed by atoms with E-state index in [1.165, 1.54) is 0 Å². The molecule has 2 aliphatic carbocycles. The molecule has 6 rings (SSSR count). The molecule has 1 spiro atoms. The molecule has 0 unspecified atom stereocenters. The molecule has 0 aromatic heterocycles. The van der Waals surface area contributed by atoms with Crippen LogP contribution in [0.3, 0.4) is 0 Å². The SMILES string of the molecule is CN1CC[C@]23c4c5ccc(O)c4O[C@H]2[C@@H](O[C@@H]2OC(C(=O)O)=C[C@H](O)[C@H]2O)C=C[C@H]3[C@H]1C5. The quantitative estimate of drug-likeness (QED) is 0.487. The van der Waals surface area contributed by atoms with Crippen LogP contribution in [0.15, 0.2) is 36.1 Å². The van der Waals surface area contributed by atoms with Gasteiger partial charge in [-0.1, -0.05) is 18.2 Å². The molecule has 4 N–H and O–H groups in total. The Labute approximate surface area is 184 Å². The third kappa shape index (κ3) is 2.50. The smallest absolute Gasteiger partial charge is 0.371 e. The van der Waals surface area contributed by atoms with Crippen LogP contribution in [-0.2, 0) is 26.1 Å². The zero-order chi connectivity index (χ0) is 22.4. The van der Waals surface area contributed by atoms with Gasteiger partial charge in [-0.25, -0.2) is 4.79 Å². The van der Waals surface area contributed by atoms with Crippen molar-refractivity contribution in [2.24, 2.45) is 5.92 Å². The summed E-state index contributed by atoms with van der Waals surface area (Å²) in [5, 5.41) is 40.3. The van der Waals surface area contributed by atoms with Gasteiger partial charge in [0.2, 0.25) is 12.0 Å². The average Bonchev–Trinajstić information content (AvgIpc) is 3.12. The number of carboxylic acid groups (broad SMARTS) is 1. The fourth-order valence-corrected chi connectivity index (χ4v) is 6.37. The van der Waals surface area contributed by atoms with Crippen LogP contribution in [0.1, 0.15) is 17.5 Å². The maximum absolute atomic E-state index is 11.4. The van der Waals surface area contributed by atoms with Gasteiger partial charge in [0.1, 0.15) is 24.4 Å². The van der Waals surface area contributed by atoms with Gasteiger partial charge in [-0.3, -0.25) is 0 Å². The number of phenols is 1. The lowest BCUT2D eigenvalue weighted by Gasteiger charge is -2.57. The minimum Gasteiger partial charge on any atom is -0.504 e. The van der Waals surface area contributed by atoms with Gasteiger partial charge in [-0.05, 0) is 44.1 Å². The summed E-state index contributed by atoms with van der Waals surface area (Å²) in [6, 6.07) is 3.91. The van der Waals surface area contributed by atoms with E-state index in [2.05, 4.69) is 18.0 Å². The number of phenolic OH excluding ortho intramolecular Hbond substituents is 1. The van der Waals surface area contributed by atoms with Crippen molar-refractivity contribution in [1.29, 1.82) is 0 Å². The fourth-order valence-electron chi connectivity index (χ4n) is 6.37. The monoisotopic (exact) mass is 443 g/mol. The summed E-state index contributed by atoms with van der Waals surface area (Å²) in [5.41, 5.74) is 1.79. The topological polar surface area (TPSA) is 129 Å². The Bertz CT molecular complexity index is 1050. The van der Waals surface area contributed by atoms with E-state index in [1.807, 2.05) is 12.1 Å². The predicted molar refractivity (Wildman–Crippen MR) is 109 cm³/mol. The minimum absolute atomic E-state index is 0.0860. The zero-order valence-corrected chi connectivity index (χ0v) is 17.4. The number of likely N-dealkylation sites (N-methyl/N-ethyl adjacent to an activating group) is 1. The minimum atomic E-state index is -1.45. The van der Waals surface area contributed by atoms with Crippen molar-refractivity contribution in [3.63, 3.8) is 0 Å². The van der Waals surface area contributed by atoms with E-state index >= 15 is 0 Å². The molecule has 0 saturated carbocycles. The lowest BCUT2D eigenvalue weighted by molar-refractivity contribution is -0.234.